The van der Waals surface area contributed by atoms with Crippen LogP contribution in [-0.2, 0) is 4.74 Å². The van der Waals surface area contributed by atoms with Gasteiger partial charge >= 0.3 is 5.97 Å². The highest BCUT2D eigenvalue weighted by Gasteiger charge is 2.16. The Bertz CT molecular complexity index is 738. The number of benzene rings is 2. The molecule has 0 saturated carbocycles. The van der Waals surface area contributed by atoms with Crippen LogP contribution in [0.1, 0.15) is 15.9 Å². The monoisotopic (exact) mass is 286 g/mol. The fraction of sp³-hybridized carbons (Fsp3) is 0.0667. The summed E-state index contributed by atoms with van der Waals surface area (Å²) in [5, 5.41) is 8.97. The van der Waals surface area contributed by atoms with Gasteiger partial charge in [0.25, 0.3) is 0 Å². The lowest BCUT2D eigenvalue weighted by molar-refractivity contribution is 0.0601. The molecule has 2 N–H and O–H groups in total. The van der Waals surface area contributed by atoms with Crippen molar-refractivity contribution in [3.63, 3.8) is 0 Å². The highest BCUT2D eigenvalue weighted by atomic mass is 19.1. The molecule has 0 radical (unpaired) electrons. The van der Waals surface area contributed by atoms with E-state index in [1.807, 2.05) is 6.07 Å². The number of methoxy groups -OCH3 is 1. The molecule has 6 heteroatoms. The largest absolute Gasteiger partial charge is 0.465 e. The topological polar surface area (TPSA) is 85.3 Å². The number of nitrogens with zero attached hydrogens (tertiary/aromatic N) is 1. The molecule has 0 aliphatic rings. The molecule has 2 aromatic rings. The number of hydrogen-bond donors (Lipinski definition) is 1. The van der Waals surface area contributed by atoms with Crippen LogP contribution in [0.4, 0.5) is 10.1 Å². The molecule has 106 valence electrons. The molecule has 0 spiro atoms. The maximum atomic E-state index is 13.9. The molecular weight excluding hydrogens is 275 g/mol. The molecule has 0 amide bonds. The molecule has 0 aromatic heterocycles. The summed E-state index contributed by atoms with van der Waals surface area (Å²) in [7, 11) is 1.19. The van der Waals surface area contributed by atoms with Crippen molar-refractivity contribution in [2.45, 2.75) is 0 Å². The lowest BCUT2D eigenvalue weighted by atomic mass is 10.1. The van der Waals surface area contributed by atoms with Gasteiger partial charge in [0.2, 0.25) is 0 Å². The van der Waals surface area contributed by atoms with E-state index in [9.17, 15) is 9.18 Å². The number of esters is 1. The predicted octanol–water partition coefficient (Wildman–Crippen LogP) is 2.86. The standard InChI is InChI=1S/C15H11FN2O3/c1-20-15(19)10-6-14(11(16)7-12(10)18)21-13-5-3-2-4-9(13)8-17/h2-7H,18H2,1H3. The Balaban J connectivity index is 2.45. The third kappa shape index (κ3) is 2.92. The van der Waals surface area contributed by atoms with Crippen molar-refractivity contribution < 1.29 is 18.7 Å². The Morgan fingerprint density at radius 3 is 2.67 bits per heavy atom. The number of rotatable bonds is 3. The fourth-order valence-electron chi connectivity index (χ4n) is 1.70. The minimum absolute atomic E-state index is 0.0108. The van der Waals surface area contributed by atoms with Gasteiger partial charge in [0.05, 0.1) is 18.2 Å². The van der Waals surface area contributed by atoms with Gasteiger partial charge in [-0.2, -0.15) is 5.26 Å². The number of para-hydroxylation sites is 1. The van der Waals surface area contributed by atoms with E-state index in [2.05, 4.69) is 4.74 Å². The fourth-order valence-corrected chi connectivity index (χ4v) is 1.70. The number of halogens is 1. The van der Waals surface area contributed by atoms with E-state index in [1.54, 1.807) is 12.1 Å². The van der Waals surface area contributed by atoms with Crippen molar-refractivity contribution in [2.75, 3.05) is 12.8 Å². The second-order valence-electron chi connectivity index (χ2n) is 4.07. The molecule has 0 aliphatic heterocycles. The van der Waals surface area contributed by atoms with Crippen LogP contribution < -0.4 is 10.5 Å². The lowest BCUT2D eigenvalue weighted by Crippen LogP contribution is -2.07. The zero-order chi connectivity index (χ0) is 15.4. The second-order valence-corrected chi connectivity index (χ2v) is 4.07. The molecule has 0 unspecified atom stereocenters. The number of carbonyl (C=O) groups is 1. The van der Waals surface area contributed by atoms with Gasteiger partial charge in [0.15, 0.2) is 11.6 Å². The number of nitrogens with two attached hydrogens (primary N) is 1. The van der Waals surface area contributed by atoms with Crippen LogP contribution in [0.5, 0.6) is 11.5 Å². The van der Waals surface area contributed by atoms with E-state index < -0.39 is 11.8 Å². The van der Waals surface area contributed by atoms with Crippen molar-refractivity contribution in [1.82, 2.24) is 0 Å². The number of nitrogen functional groups attached to an aromatic ring is 1. The summed E-state index contributed by atoms with van der Waals surface area (Å²) >= 11 is 0. The van der Waals surface area contributed by atoms with Crippen LogP contribution in [-0.4, -0.2) is 13.1 Å². The molecular formula is C15H11FN2O3. The summed E-state index contributed by atoms with van der Waals surface area (Å²) in [6, 6.07) is 10.4. The van der Waals surface area contributed by atoms with Gasteiger partial charge in [-0.15, -0.1) is 0 Å². The molecule has 21 heavy (non-hydrogen) atoms. The highest BCUT2D eigenvalue weighted by Crippen LogP contribution is 2.30. The Morgan fingerprint density at radius 2 is 2.00 bits per heavy atom. The van der Waals surface area contributed by atoms with E-state index in [4.69, 9.17) is 15.7 Å². The van der Waals surface area contributed by atoms with Crippen LogP contribution in [0.3, 0.4) is 0 Å². The third-order valence-corrected chi connectivity index (χ3v) is 2.74. The smallest absolute Gasteiger partial charge is 0.340 e. The average Bonchev–Trinajstić information content (AvgIpc) is 2.49. The van der Waals surface area contributed by atoms with E-state index >= 15 is 0 Å². The zero-order valence-corrected chi connectivity index (χ0v) is 11.1. The number of hydrogen-bond acceptors (Lipinski definition) is 5. The van der Waals surface area contributed by atoms with E-state index in [0.29, 0.717) is 0 Å². The normalized spacial score (nSPS) is 9.76. The van der Waals surface area contributed by atoms with Gasteiger partial charge in [-0.05, 0) is 12.1 Å². The van der Waals surface area contributed by atoms with Crippen molar-refractivity contribution in [3.05, 3.63) is 53.3 Å². The summed E-state index contributed by atoms with van der Waals surface area (Å²) in [5.41, 5.74) is 5.75. The van der Waals surface area contributed by atoms with Crippen LogP contribution in [0.25, 0.3) is 0 Å². The molecule has 0 saturated heterocycles. The van der Waals surface area contributed by atoms with Crippen LogP contribution >= 0.6 is 0 Å². The first-order valence-corrected chi connectivity index (χ1v) is 5.91. The van der Waals surface area contributed by atoms with Gasteiger partial charge in [-0.1, -0.05) is 12.1 Å². The van der Waals surface area contributed by atoms with Crippen LogP contribution in [0, 0.1) is 17.1 Å². The van der Waals surface area contributed by atoms with Crippen molar-refractivity contribution in [1.29, 1.82) is 5.26 Å². The zero-order valence-electron chi connectivity index (χ0n) is 11.1. The molecule has 2 aromatic carbocycles. The summed E-state index contributed by atoms with van der Waals surface area (Å²) < 4.78 is 23.8. The Kier molecular flexibility index (Phi) is 4.05. The van der Waals surface area contributed by atoms with E-state index in [1.165, 1.54) is 19.2 Å². The molecule has 0 bridgehead atoms. The number of anilines is 1. The van der Waals surface area contributed by atoms with Crippen molar-refractivity contribution >= 4 is 11.7 Å². The maximum absolute atomic E-state index is 13.9. The molecule has 0 aliphatic carbocycles. The lowest BCUT2D eigenvalue weighted by Gasteiger charge is -2.11. The summed E-state index contributed by atoms with van der Waals surface area (Å²) in [6.07, 6.45) is 0. The molecule has 2 rings (SSSR count). The quantitative estimate of drug-likeness (QED) is 0.692. The first kappa shape index (κ1) is 14.3. The van der Waals surface area contributed by atoms with Gasteiger partial charge in [0.1, 0.15) is 11.8 Å². The first-order chi connectivity index (χ1) is 10.1. The first-order valence-electron chi connectivity index (χ1n) is 5.91. The van der Waals surface area contributed by atoms with E-state index in [-0.39, 0.29) is 28.3 Å². The van der Waals surface area contributed by atoms with Gasteiger partial charge < -0.3 is 15.2 Å². The minimum Gasteiger partial charge on any atom is -0.465 e. The Hall–Kier alpha value is -3.07. The van der Waals surface area contributed by atoms with Crippen molar-refractivity contribution in [3.8, 4) is 17.6 Å². The van der Waals surface area contributed by atoms with Crippen LogP contribution in [0.2, 0.25) is 0 Å². The SMILES string of the molecule is COC(=O)c1cc(Oc2ccccc2C#N)c(F)cc1N. The Labute approximate surface area is 120 Å². The highest BCUT2D eigenvalue weighted by molar-refractivity contribution is 5.95. The molecule has 0 heterocycles. The minimum atomic E-state index is -0.743. The van der Waals surface area contributed by atoms with E-state index in [0.717, 1.165) is 12.1 Å². The molecule has 0 atom stereocenters. The molecule has 0 fully saturated rings. The summed E-state index contributed by atoms with van der Waals surface area (Å²) in [4.78, 5) is 11.5. The Morgan fingerprint density at radius 1 is 1.29 bits per heavy atom. The summed E-state index contributed by atoms with van der Waals surface area (Å²) in [5.74, 6) is -1.48. The van der Waals surface area contributed by atoms with Crippen molar-refractivity contribution in [2.24, 2.45) is 0 Å². The van der Waals surface area contributed by atoms with Gasteiger partial charge in [-0.3, -0.25) is 0 Å². The predicted molar refractivity (Wildman–Crippen MR) is 73.4 cm³/mol. The summed E-state index contributed by atoms with van der Waals surface area (Å²) in [6.45, 7) is 0. The number of carbonyl (C=O) groups excluding carboxylic acids is 1. The van der Waals surface area contributed by atoms with Crippen LogP contribution in [0.15, 0.2) is 36.4 Å². The average molecular weight is 286 g/mol. The second kappa shape index (κ2) is 5.92. The number of ether oxygens (including phenoxy) is 2. The maximum Gasteiger partial charge on any atom is 0.340 e. The molecule has 5 nitrogen and oxygen atoms in total. The van der Waals surface area contributed by atoms with Gasteiger partial charge in [0, 0.05) is 17.8 Å². The van der Waals surface area contributed by atoms with Gasteiger partial charge in [-0.25, -0.2) is 9.18 Å². The number of nitriles is 1. The third-order valence-electron chi connectivity index (χ3n) is 2.74.